The van der Waals surface area contributed by atoms with Crippen molar-refractivity contribution in [3.63, 3.8) is 0 Å². The Hall–Kier alpha value is -3.41. The number of benzene rings is 2. The highest BCUT2D eigenvalue weighted by Gasteiger charge is 2.23. The number of rotatable bonds is 4. The van der Waals surface area contributed by atoms with Crippen LogP contribution in [0.1, 0.15) is 48.7 Å². The fourth-order valence-electron chi connectivity index (χ4n) is 4.82. The Bertz CT molecular complexity index is 1340. The van der Waals surface area contributed by atoms with Crippen molar-refractivity contribution in [3.05, 3.63) is 76.7 Å². The molecule has 182 valence electrons. The van der Waals surface area contributed by atoms with Gasteiger partial charge in [0.15, 0.2) is 5.65 Å². The Labute approximate surface area is 208 Å². The van der Waals surface area contributed by atoms with Crippen LogP contribution in [-0.2, 0) is 18.9 Å². The molecule has 1 saturated heterocycles. The van der Waals surface area contributed by atoms with E-state index < -0.39 is 0 Å². The highest BCUT2D eigenvalue weighted by atomic mass is 15.3. The summed E-state index contributed by atoms with van der Waals surface area (Å²) in [6.45, 7) is 14.8. The highest BCUT2D eigenvalue weighted by Crippen LogP contribution is 2.28. The summed E-state index contributed by atoms with van der Waals surface area (Å²) in [6.07, 6.45) is 2.62. The lowest BCUT2D eigenvalue weighted by Crippen LogP contribution is -2.47. The van der Waals surface area contributed by atoms with Crippen molar-refractivity contribution in [2.45, 2.75) is 46.5 Å². The normalized spacial score (nSPS) is 14.7. The zero-order valence-corrected chi connectivity index (χ0v) is 21.8. The molecule has 0 bridgehead atoms. The average Bonchev–Trinajstić information content (AvgIpc) is 3.21. The minimum absolute atomic E-state index is 0.109. The maximum atomic E-state index is 5.13. The Morgan fingerprint density at radius 1 is 0.857 bits per heavy atom. The van der Waals surface area contributed by atoms with Gasteiger partial charge in [0.2, 0.25) is 5.95 Å². The molecular formula is C29H36N6. The van der Waals surface area contributed by atoms with Crippen LogP contribution < -0.4 is 9.80 Å². The smallest absolute Gasteiger partial charge is 0.227 e. The Morgan fingerprint density at radius 2 is 1.54 bits per heavy atom. The molecule has 35 heavy (non-hydrogen) atoms. The first-order chi connectivity index (χ1) is 16.7. The Morgan fingerprint density at radius 3 is 2.23 bits per heavy atom. The van der Waals surface area contributed by atoms with Crippen LogP contribution in [0.4, 0.5) is 11.6 Å². The summed E-state index contributed by atoms with van der Waals surface area (Å²) >= 11 is 0. The number of nitrogens with zero attached hydrogens (tertiary/aromatic N) is 6. The third kappa shape index (κ3) is 4.75. The zero-order valence-electron chi connectivity index (χ0n) is 21.8. The number of piperazine rings is 1. The van der Waals surface area contributed by atoms with Crippen molar-refractivity contribution in [1.29, 1.82) is 0 Å². The van der Waals surface area contributed by atoms with Gasteiger partial charge in [-0.2, -0.15) is 4.98 Å². The van der Waals surface area contributed by atoms with Crippen LogP contribution in [0.2, 0.25) is 0 Å². The minimum atomic E-state index is 0.109. The number of aryl methyl sites for hydroxylation is 3. The first kappa shape index (κ1) is 23.3. The Kier molecular flexibility index (Phi) is 5.99. The van der Waals surface area contributed by atoms with E-state index in [-0.39, 0.29) is 5.41 Å². The predicted molar refractivity (Wildman–Crippen MR) is 145 cm³/mol. The van der Waals surface area contributed by atoms with Crippen molar-refractivity contribution in [2.24, 2.45) is 7.05 Å². The van der Waals surface area contributed by atoms with E-state index in [1.54, 1.807) is 0 Å². The minimum Gasteiger partial charge on any atom is -0.368 e. The zero-order chi connectivity index (χ0) is 24.7. The molecule has 0 spiro atoms. The van der Waals surface area contributed by atoms with Gasteiger partial charge in [0, 0.05) is 45.3 Å². The third-order valence-electron chi connectivity index (χ3n) is 7.17. The molecule has 1 aliphatic rings. The van der Waals surface area contributed by atoms with Crippen molar-refractivity contribution < 1.29 is 0 Å². The topological polar surface area (TPSA) is 50.1 Å². The first-order valence-corrected chi connectivity index (χ1v) is 12.5. The predicted octanol–water partition coefficient (Wildman–Crippen LogP) is 5.20. The van der Waals surface area contributed by atoms with Crippen LogP contribution in [0.15, 0.2) is 48.8 Å². The van der Waals surface area contributed by atoms with Gasteiger partial charge >= 0.3 is 0 Å². The summed E-state index contributed by atoms with van der Waals surface area (Å²) in [7, 11) is 2.03. The molecule has 0 amide bonds. The van der Waals surface area contributed by atoms with Gasteiger partial charge in [-0.1, -0.05) is 56.7 Å². The van der Waals surface area contributed by atoms with E-state index in [9.17, 15) is 0 Å². The number of hydrogen-bond donors (Lipinski definition) is 0. The van der Waals surface area contributed by atoms with Gasteiger partial charge in [0.25, 0.3) is 0 Å². The monoisotopic (exact) mass is 468 g/mol. The first-order valence-electron chi connectivity index (χ1n) is 12.5. The number of imidazole rings is 1. The van der Waals surface area contributed by atoms with Crippen LogP contribution >= 0.6 is 0 Å². The molecule has 0 unspecified atom stereocenters. The quantitative estimate of drug-likeness (QED) is 0.412. The number of anilines is 2. The lowest BCUT2D eigenvalue weighted by atomic mass is 9.84. The summed E-state index contributed by atoms with van der Waals surface area (Å²) in [5, 5.41) is 0. The molecule has 0 radical (unpaired) electrons. The third-order valence-corrected chi connectivity index (χ3v) is 7.17. The molecule has 5 rings (SSSR count). The molecule has 2 aromatic carbocycles. The van der Waals surface area contributed by atoms with Crippen molar-refractivity contribution in [3.8, 4) is 0 Å². The summed E-state index contributed by atoms with van der Waals surface area (Å²) < 4.78 is 2.05. The molecule has 6 nitrogen and oxygen atoms in total. The SMILES string of the molecule is Cc1ccc(N2CCN(c3nc(Cc4cc(C(C)(C)C)ccc4C)c4c(ncn4C)n3)CC2)cc1. The molecule has 0 aliphatic carbocycles. The number of aromatic nitrogens is 4. The standard InChI is InChI=1S/C29H36N6/c1-20-7-11-24(12-8-20)34-13-15-35(16-14-34)28-31-25(26-27(32-28)30-19-33(26)6)18-22-17-23(29(3,4)5)10-9-21(22)2/h7-12,17,19H,13-16,18H2,1-6H3. The maximum Gasteiger partial charge on any atom is 0.227 e. The molecule has 4 aromatic rings. The maximum absolute atomic E-state index is 5.13. The summed E-state index contributed by atoms with van der Waals surface area (Å²) in [5.74, 6) is 0.791. The van der Waals surface area contributed by atoms with E-state index in [2.05, 4.69) is 91.9 Å². The second kappa shape index (κ2) is 8.99. The van der Waals surface area contributed by atoms with Gasteiger partial charge in [-0.3, -0.25) is 0 Å². The summed E-state index contributed by atoms with van der Waals surface area (Å²) in [6, 6.07) is 15.6. The summed E-state index contributed by atoms with van der Waals surface area (Å²) in [5.41, 5.74) is 9.48. The van der Waals surface area contributed by atoms with Gasteiger partial charge in [-0.15, -0.1) is 0 Å². The van der Waals surface area contributed by atoms with Crippen LogP contribution in [0.3, 0.4) is 0 Å². The molecule has 0 N–H and O–H groups in total. The van der Waals surface area contributed by atoms with Crippen LogP contribution in [0.5, 0.6) is 0 Å². The van der Waals surface area contributed by atoms with Gasteiger partial charge in [0.1, 0.15) is 5.52 Å². The largest absolute Gasteiger partial charge is 0.368 e. The van der Waals surface area contributed by atoms with E-state index in [1.165, 1.54) is 27.9 Å². The molecular weight excluding hydrogens is 432 g/mol. The van der Waals surface area contributed by atoms with Gasteiger partial charge in [-0.25, -0.2) is 9.97 Å². The van der Waals surface area contributed by atoms with Gasteiger partial charge < -0.3 is 14.4 Å². The number of hydrogen-bond acceptors (Lipinski definition) is 5. The second-order valence-electron chi connectivity index (χ2n) is 10.9. The van der Waals surface area contributed by atoms with Gasteiger partial charge in [0.05, 0.1) is 12.0 Å². The lowest BCUT2D eigenvalue weighted by molar-refractivity contribution is 0.589. The fraction of sp³-hybridized carbons (Fsp3) is 0.414. The van der Waals surface area contributed by atoms with E-state index in [0.717, 1.165) is 55.4 Å². The van der Waals surface area contributed by atoms with Crippen LogP contribution in [0, 0.1) is 13.8 Å². The van der Waals surface area contributed by atoms with Crippen molar-refractivity contribution in [1.82, 2.24) is 19.5 Å². The highest BCUT2D eigenvalue weighted by molar-refractivity contribution is 5.75. The van der Waals surface area contributed by atoms with Crippen molar-refractivity contribution in [2.75, 3.05) is 36.0 Å². The summed E-state index contributed by atoms with van der Waals surface area (Å²) in [4.78, 5) is 19.4. The average molecular weight is 469 g/mol. The van der Waals surface area contributed by atoms with E-state index in [4.69, 9.17) is 9.97 Å². The van der Waals surface area contributed by atoms with Gasteiger partial charge in [-0.05, 0) is 48.1 Å². The van der Waals surface area contributed by atoms with E-state index >= 15 is 0 Å². The Balaban J connectivity index is 1.44. The van der Waals surface area contributed by atoms with Crippen molar-refractivity contribution >= 4 is 22.8 Å². The van der Waals surface area contributed by atoms with E-state index in [0.29, 0.717) is 0 Å². The molecule has 6 heteroatoms. The second-order valence-corrected chi connectivity index (χ2v) is 10.9. The lowest BCUT2D eigenvalue weighted by Gasteiger charge is -2.36. The molecule has 3 heterocycles. The number of fused-ring (bicyclic) bond motifs is 1. The molecule has 1 aliphatic heterocycles. The van der Waals surface area contributed by atoms with Crippen LogP contribution in [0.25, 0.3) is 11.2 Å². The molecule has 0 atom stereocenters. The fourth-order valence-corrected chi connectivity index (χ4v) is 4.82. The molecule has 2 aromatic heterocycles. The molecule has 1 fully saturated rings. The molecule has 0 saturated carbocycles. The van der Waals surface area contributed by atoms with E-state index in [1.807, 2.05) is 17.9 Å². The van der Waals surface area contributed by atoms with Crippen LogP contribution in [-0.4, -0.2) is 45.7 Å².